The van der Waals surface area contributed by atoms with Crippen LogP contribution in [0.25, 0.3) is 0 Å². The summed E-state index contributed by atoms with van der Waals surface area (Å²) in [7, 11) is 1.91. The van der Waals surface area contributed by atoms with E-state index in [1.54, 1.807) is 23.9 Å². The third-order valence-corrected chi connectivity index (χ3v) is 5.11. The average Bonchev–Trinajstić information content (AvgIpc) is 3.10. The fourth-order valence-corrected chi connectivity index (χ4v) is 3.43. The molecule has 0 spiro atoms. The predicted molar refractivity (Wildman–Crippen MR) is 104 cm³/mol. The fourth-order valence-electron chi connectivity index (χ4n) is 2.37. The molecular formula is C19H21ClFN3OS. The van der Waals surface area contributed by atoms with Crippen molar-refractivity contribution in [1.82, 2.24) is 15.5 Å². The highest BCUT2D eigenvalue weighted by Gasteiger charge is 2.23. The molecule has 138 valence electrons. The average molecular weight is 394 g/mol. The van der Waals surface area contributed by atoms with E-state index in [0.717, 1.165) is 10.5 Å². The highest BCUT2D eigenvalue weighted by molar-refractivity contribution is 7.99. The van der Waals surface area contributed by atoms with Crippen LogP contribution in [0.1, 0.15) is 29.5 Å². The standard InChI is InChI=1S/C19H20FN3OS.ClH/c1-13(21-2)12-17-22-19(24-23-17)18(14-6-4-3-5-7-14)25-16-10-8-15(20)9-11-16;/h3-11,13,18,21H,12H2,1-2H3;1H. The van der Waals surface area contributed by atoms with Gasteiger partial charge in [-0.25, -0.2) is 4.39 Å². The molecule has 0 aliphatic rings. The molecule has 4 nitrogen and oxygen atoms in total. The number of rotatable bonds is 7. The molecule has 3 rings (SSSR count). The molecule has 0 aliphatic heterocycles. The topological polar surface area (TPSA) is 51.0 Å². The van der Waals surface area contributed by atoms with Crippen LogP contribution in [0.5, 0.6) is 0 Å². The molecule has 0 bridgehead atoms. The number of hydrogen-bond donors (Lipinski definition) is 1. The van der Waals surface area contributed by atoms with E-state index in [1.165, 1.54) is 12.1 Å². The van der Waals surface area contributed by atoms with Crippen molar-refractivity contribution in [2.45, 2.75) is 29.5 Å². The van der Waals surface area contributed by atoms with Crippen LogP contribution in [0, 0.1) is 5.82 Å². The van der Waals surface area contributed by atoms with Crippen LogP contribution in [0.2, 0.25) is 0 Å². The van der Waals surface area contributed by atoms with Gasteiger partial charge in [-0.05, 0) is 43.8 Å². The van der Waals surface area contributed by atoms with Gasteiger partial charge < -0.3 is 9.84 Å². The Bertz CT molecular complexity index is 798. The van der Waals surface area contributed by atoms with Gasteiger partial charge in [-0.2, -0.15) is 4.98 Å². The Balaban J connectivity index is 0.00000243. The van der Waals surface area contributed by atoms with Crippen LogP contribution in [-0.4, -0.2) is 23.2 Å². The maximum atomic E-state index is 13.2. The van der Waals surface area contributed by atoms with E-state index in [1.807, 2.05) is 37.4 Å². The summed E-state index contributed by atoms with van der Waals surface area (Å²) in [6.07, 6.45) is 0.697. The molecule has 1 aromatic heterocycles. The number of benzene rings is 2. The molecule has 2 aromatic carbocycles. The smallest absolute Gasteiger partial charge is 0.244 e. The van der Waals surface area contributed by atoms with Crippen LogP contribution < -0.4 is 5.32 Å². The first-order valence-corrected chi connectivity index (χ1v) is 9.00. The van der Waals surface area contributed by atoms with Gasteiger partial charge in [0.05, 0.1) is 0 Å². The first-order chi connectivity index (χ1) is 12.2. The molecule has 0 radical (unpaired) electrons. The van der Waals surface area contributed by atoms with Gasteiger partial charge >= 0.3 is 0 Å². The largest absolute Gasteiger partial charge is 0.338 e. The quantitative estimate of drug-likeness (QED) is 0.591. The van der Waals surface area contributed by atoms with Crippen LogP contribution in [-0.2, 0) is 6.42 Å². The number of nitrogens with one attached hydrogen (secondary N) is 1. The SMILES string of the molecule is CNC(C)Cc1noc(C(Sc2ccc(F)cc2)c2ccccc2)n1.Cl. The highest BCUT2D eigenvalue weighted by atomic mass is 35.5. The molecule has 0 fully saturated rings. The molecule has 0 amide bonds. The van der Waals surface area contributed by atoms with E-state index < -0.39 is 0 Å². The molecule has 0 saturated heterocycles. The minimum absolute atomic E-state index is 0. The van der Waals surface area contributed by atoms with Gasteiger partial charge in [0, 0.05) is 17.4 Å². The Morgan fingerprint density at radius 3 is 2.46 bits per heavy atom. The van der Waals surface area contributed by atoms with E-state index >= 15 is 0 Å². The third kappa shape index (κ3) is 5.30. The maximum Gasteiger partial charge on any atom is 0.244 e. The molecule has 2 unspecified atom stereocenters. The van der Waals surface area contributed by atoms with Crippen molar-refractivity contribution in [1.29, 1.82) is 0 Å². The van der Waals surface area contributed by atoms with Gasteiger partial charge in [0.2, 0.25) is 5.89 Å². The summed E-state index contributed by atoms with van der Waals surface area (Å²) in [5, 5.41) is 7.13. The van der Waals surface area contributed by atoms with E-state index in [0.29, 0.717) is 18.1 Å². The lowest BCUT2D eigenvalue weighted by molar-refractivity contribution is 0.375. The molecule has 1 heterocycles. The van der Waals surface area contributed by atoms with Crippen molar-refractivity contribution in [2.24, 2.45) is 0 Å². The van der Waals surface area contributed by atoms with Crippen molar-refractivity contribution in [2.75, 3.05) is 7.05 Å². The summed E-state index contributed by atoms with van der Waals surface area (Å²) >= 11 is 1.56. The number of hydrogen-bond acceptors (Lipinski definition) is 5. The Morgan fingerprint density at radius 2 is 1.81 bits per heavy atom. The van der Waals surface area contributed by atoms with Crippen LogP contribution in [0.15, 0.2) is 64.0 Å². The van der Waals surface area contributed by atoms with Gasteiger partial charge in [0.1, 0.15) is 11.1 Å². The van der Waals surface area contributed by atoms with E-state index in [4.69, 9.17) is 4.52 Å². The zero-order chi connectivity index (χ0) is 17.6. The minimum Gasteiger partial charge on any atom is -0.338 e. The number of nitrogens with zero attached hydrogens (tertiary/aromatic N) is 2. The first-order valence-electron chi connectivity index (χ1n) is 8.12. The second-order valence-corrected chi connectivity index (χ2v) is 6.98. The predicted octanol–water partition coefficient (Wildman–Crippen LogP) is 4.66. The van der Waals surface area contributed by atoms with Gasteiger partial charge in [-0.15, -0.1) is 24.2 Å². The van der Waals surface area contributed by atoms with E-state index in [9.17, 15) is 4.39 Å². The van der Waals surface area contributed by atoms with Crippen molar-refractivity contribution in [3.05, 3.63) is 77.7 Å². The normalized spacial score (nSPS) is 13.0. The van der Waals surface area contributed by atoms with Gasteiger partial charge in [0.15, 0.2) is 5.82 Å². The van der Waals surface area contributed by atoms with Crippen molar-refractivity contribution in [3.8, 4) is 0 Å². The van der Waals surface area contributed by atoms with Gasteiger partial charge in [-0.3, -0.25) is 0 Å². The summed E-state index contributed by atoms with van der Waals surface area (Å²) in [4.78, 5) is 5.52. The monoisotopic (exact) mass is 393 g/mol. The second kappa shape index (κ2) is 9.71. The molecule has 26 heavy (non-hydrogen) atoms. The third-order valence-electron chi connectivity index (χ3n) is 3.86. The molecular weight excluding hydrogens is 373 g/mol. The van der Waals surface area contributed by atoms with Crippen LogP contribution in [0.3, 0.4) is 0 Å². The minimum atomic E-state index is -0.248. The lowest BCUT2D eigenvalue weighted by Gasteiger charge is -2.13. The second-order valence-electron chi connectivity index (χ2n) is 5.81. The Hall–Kier alpha value is -1.89. The Morgan fingerprint density at radius 1 is 1.12 bits per heavy atom. The molecule has 1 N–H and O–H groups in total. The number of halogens is 2. The van der Waals surface area contributed by atoms with Crippen LogP contribution >= 0.6 is 24.2 Å². The molecule has 2 atom stereocenters. The first kappa shape index (κ1) is 20.4. The summed E-state index contributed by atoms with van der Waals surface area (Å²) in [6, 6.07) is 16.7. The molecule has 3 aromatic rings. The summed E-state index contributed by atoms with van der Waals surface area (Å²) in [5.41, 5.74) is 1.06. The highest BCUT2D eigenvalue weighted by Crippen LogP contribution is 2.39. The van der Waals surface area contributed by atoms with Crippen molar-refractivity contribution >= 4 is 24.2 Å². The van der Waals surface area contributed by atoms with E-state index in [2.05, 4.69) is 22.4 Å². The number of thioether (sulfide) groups is 1. The summed E-state index contributed by atoms with van der Waals surface area (Å²) in [5.74, 6) is 0.984. The maximum absolute atomic E-state index is 13.2. The van der Waals surface area contributed by atoms with Gasteiger partial charge in [-0.1, -0.05) is 35.5 Å². The fraction of sp³-hybridized carbons (Fsp3) is 0.263. The summed E-state index contributed by atoms with van der Waals surface area (Å²) in [6.45, 7) is 2.07. The zero-order valence-corrected chi connectivity index (χ0v) is 16.2. The van der Waals surface area contributed by atoms with Gasteiger partial charge in [0.25, 0.3) is 0 Å². The van der Waals surface area contributed by atoms with Crippen molar-refractivity contribution < 1.29 is 8.91 Å². The molecule has 7 heteroatoms. The lowest BCUT2D eigenvalue weighted by atomic mass is 10.1. The Labute approximate surface area is 163 Å². The lowest BCUT2D eigenvalue weighted by Crippen LogP contribution is -2.24. The summed E-state index contributed by atoms with van der Waals surface area (Å²) < 4.78 is 18.7. The van der Waals surface area contributed by atoms with Crippen molar-refractivity contribution in [3.63, 3.8) is 0 Å². The molecule has 0 aliphatic carbocycles. The molecule has 0 saturated carbocycles. The van der Waals surface area contributed by atoms with Crippen LogP contribution in [0.4, 0.5) is 4.39 Å². The number of aromatic nitrogens is 2. The van der Waals surface area contributed by atoms with E-state index in [-0.39, 0.29) is 29.5 Å². The Kier molecular flexibility index (Phi) is 7.63. The number of likely N-dealkylation sites (N-methyl/N-ethyl adjacent to an activating group) is 1. The zero-order valence-electron chi connectivity index (χ0n) is 14.6.